The number of azide groups is 1. The number of hydrogen-bond donors (Lipinski definition) is 1. The lowest BCUT2D eigenvalue weighted by Gasteiger charge is -2.05. The van der Waals surface area contributed by atoms with Crippen LogP contribution in [0.25, 0.3) is 10.4 Å². The third-order valence-electron chi connectivity index (χ3n) is 1.99. The van der Waals surface area contributed by atoms with Gasteiger partial charge in [0.2, 0.25) is 10.0 Å². The van der Waals surface area contributed by atoms with Gasteiger partial charge in [0.15, 0.2) is 0 Å². The molecule has 1 N–H and O–H groups in total. The van der Waals surface area contributed by atoms with Gasteiger partial charge < -0.3 is 0 Å². The van der Waals surface area contributed by atoms with E-state index >= 15 is 0 Å². The van der Waals surface area contributed by atoms with Crippen LogP contribution in [0.1, 0.15) is 0 Å². The fourth-order valence-corrected chi connectivity index (χ4v) is 2.38. The summed E-state index contributed by atoms with van der Waals surface area (Å²) in [5.41, 5.74) is 7.53. The second-order valence-corrected chi connectivity index (χ2v) is 5.40. The number of benzene rings is 1. The van der Waals surface area contributed by atoms with Crippen LogP contribution in [0.4, 0.5) is 5.69 Å². The Labute approximate surface area is 113 Å². The molecule has 0 bridgehead atoms. The van der Waals surface area contributed by atoms with E-state index in [0.29, 0.717) is 0 Å². The first-order chi connectivity index (χ1) is 8.88. The van der Waals surface area contributed by atoms with Crippen molar-refractivity contribution < 1.29 is 13.3 Å². The van der Waals surface area contributed by atoms with Gasteiger partial charge in [-0.05, 0) is 17.7 Å². The molecule has 1 rings (SSSR count). The number of halogens is 1. The van der Waals surface area contributed by atoms with Crippen molar-refractivity contribution in [3.05, 3.63) is 43.8 Å². The minimum Gasteiger partial charge on any atom is -0.258 e. The summed E-state index contributed by atoms with van der Waals surface area (Å²) in [4.78, 5) is 12.0. The Balaban J connectivity index is 2.98. The van der Waals surface area contributed by atoms with Gasteiger partial charge in [-0.2, -0.15) is 0 Å². The van der Waals surface area contributed by atoms with E-state index in [4.69, 9.17) is 17.1 Å². The normalized spacial score (nSPS) is 10.8. The zero-order valence-corrected chi connectivity index (χ0v) is 10.9. The van der Waals surface area contributed by atoms with Gasteiger partial charge in [-0.15, -0.1) is 0 Å². The van der Waals surface area contributed by atoms with Crippen LogP contribution >= 0.6 is 11.6 Å². The zero-order chi connectivity index (χ0) is 14.5. The highest BCUT2D eigenvalue weighted by molar-refractivity contribution is 7.89. The van der Waals surface area contributed by atoms with E-state index in [2.05, 4.69) is 14.7 Å². The Bertz CT molecular complexity index is 641. The van der Waals surface area contributed by atoms with Crippen molar-refractivity contribution in [1.29, 1.82) is 0 Å². The number of nitrogens with zero attached hydrogens (tertiary/aromatic N) is 4. The van der Waals surface area contributed by atoms with Crippen molar-refractivity contribution in [3.8, 4) is 0 Å². The molecular weight excluding hydrogens is 298 g/mol. The van der Waals surface area contributed by atoms with Crippen molar-refractivity contribution >= 4 is 27.3 Å². The molecule has 19 heavy (non-hydrogen) atoms. The van der Waals surface area contributed by atoms with Crippen molar-refractivity contribution in [3.63, 3.8) is 0 Å². The molecule has 0 saturated carbocycles. The van der Waals surface area contributed by atoms with Crippen LogP contribution in [0.5, 0.6) is 0 Å². The fraction of sp³-hybridized carbons (Fsp3) is 0.250. The second kappa shape index (κ2) is 6.34. The summed E-state index contributed by atoms with van der Waals surface area (Å²) >= 11 is 5.57. The standard InChI is InChI=1S/C8H8ClN5O4S/c9-7-2-1-6(5-8(7)14(15)16)19(17,18)12-4-3-11-13-10/h1-2,5,12H,3-4H2. The smallest absolute Gasteiger partial charge is 0.258 e. The van der Waals surface area contributed by atoms with Crippen LogP contribution in [0.15, 0.2) is 28.2 Å². The highest BCUT2D eigenvalue weighted by atomic mass is 35.5. The first-order valence-corrected chi connectivity index (χ1v) is 6.69. The van der Waals surface area contributed by atoms with Crippen LogP contribution in [0, 0.1) is 10.1 Å². The maximum absolute atomic E-state index is 11.8. The van der Waals surface area contributed by atoms with Crippen molar-refractivity contribution in [2.24, 2.45) is 5.11 Å². The molecule has 0 aromatic heterocycles. The van der Waals surface area contributed by atoms with E-state index in [9.17, 15) is 18.5 Å². The number of nitro groups is 1. The first kappa shape index (κ1) is 15.2. The molecule has 0 unspecified atom stereocenters. The Morgan fingerprint density at radius 1 is 1.53 bits per heavy atom. The summed E-state index contributed by atoms with van der Waals surface area (Å²) < 4.78 is 25.7. The zero-order valence-electron chi connectivity index (χ0n) is 9.35. The number of nitro benzene ring substituents is 1. The number of hydrogen-bond acceptors (Lipinski definition) is 5. The average molecular weight is 306 g/mol. The van der Waals surface area contributed by atoms with E-state index in [1.165, 1.54) is 0 Å². The van der Waals surface area contributed by atoms with E-state index in [-0.39, 0.29) is 23.0 Å². The number of rotatable bonds is 6. The molecule has 1 aromatic rings. The van der Waals surface area contributed by atoms with Crippen LogP contribution in [-0.2, 0) is 10.0 Å². The molecule has 0 heterocycles. The molecular formula is C8H8ClN5O4S. The van der Waals surface area contributed by atoms with Gasteiger partial charge in [-0.3, -0.25) is 10.1 Å². The Kier molecular flexibility index (Phi) is 5.07. The molecule has 0 atom stereocenters. The molecule has 0 radical (unpaired) electrons. The second-order valence-electron chi connectivity index (χ2n) is 3.22. The molecule has 0 amide bonds. The molecule has 0 spiro atoms. The number of nitrogens with one attached hydrogen (secondary N) is 1. The molecule has 0 aliphatic carbocycles. The third-order valence-corrected chi connectivity index (χ3v) is 3.77. The number of sulfonamides is 1. The summed E-state index contributed by atoms with van der Waals surface area (Å²) in [6.45, 7) is -0.172. The van der Waals surface area contributed by atoms with Gasteiger partial charge >= 0.3 is 0 Å². The van der Waals surface area contributed by atoms with Gasteiger partial charge in [-0.25, -0.2) is 13.1 Å². The Morgan fingerprint density at radius 2 is 2.21 bits per heavy atom. The average Bonchev–Trinajstić information content (AvgIpc) is 2.34. The van der Waals surface area contributed by atoms with Gasteiger partial charge in [0.05, 0.1) is 9.82 Å². The van der Waals surface area contributed by atoms with Crippen molar-refractivity contribution in [2.45, 2.75) is 4.90 Å². The van der Waals surface area contributed by atoms with Crippen LogP contribution in [-0.4, -0.2) is 26.4 Å². The molecule has 0 aliphatic rings. The third kappa shape index (κ3) is 4.07. The molecule has 0 saturated heterocycles. The topological polar surface area (TPSA) is 138 Å². The predicted octanol–water partition coefficient (Wildman–Crippen LogP) is 1.84. The van der Waals surface area contributed by atoms with Gasteiger partial charge in [0.1, 0.15) is 5.02 Å². The molecule has 9 nitrogen and oxygen atoms in total. The van der Waals surface area contributed by atoms with Gasteiger partial charge in [0, 0.05) is 24.1 Å². The summed E-state index contributed by atoms with van der Waals surface area (Å²) in [5.74, 6) is 0. The van der Waals surface area contributed by atoms with E-state index in [1.54, 1.807) is 0 Å². The summed E-state index contributed by atoms with van der Waals surface area (Å²) in [5, 5.41) is 13.6. The monoisotopic (exact) mass is 305 g/mol. The Hall–Kier alpha value is -1.87. The van der Waals surface area contributed by atoms with Crippen LogP contribution in [0.3, 0.4) is 0 Å². The van der Waals surface area contributed by atoms with E-state index in [1.807, 2.05) is 0 Å². The Morgan fingerprint density at radius 3 is 2.79 bits per heavy atom. The molecule has 0 fully saturated rings. The van der Waals surface area contributed by atoms with Gasteiger partial charge in [-0.1, -0.05) is 16.7 Å². The first-order valence-electron chi connectivity index (χ1n) is 4.83. The summed E-state index contributed by atoms with van der Waals surface area (Å²) in [6.07, 6.45) is 0. The lowest BCUT2D eigenvalue weighted by molar-refractivity contribution is -0.384. The maximum Gasteiger partial charge on any atom is 0.289 e. The van der Waals surface area contributed by atoms with Crippen LogP contribution < -0.4 is 4.72 Å². The fourth-order valence-electron chi connectivity index (χ4n) is 1.16. The van der Waals surface area contributed by atoms with Gasteiger partial charge in [0.25, 0.3) is 5.69 Å². The minimum absolute atomic E-state index is 0.0641. The maximum atomic E-state index is 11.8. The summed E-state index contributed by atoms with van der Waals surface area (Å²) in [7, 11) is -3.91. The highest BCUT2D eigenvalue weighted by Gasteiger charge is 2.20. The summed E-state index contributed by atoms with van der Waals surface area (Å²) in [6, 6.07) is 3.13. The largest absolute Gasteiger partial charge is 0.289 e. The van der Waals surface area contributed by atoms with Crippen LogP contribution in [0.2, 0.25) is 5.02 Å². The molecule has 1 aromatic carbocycles. The quantitative estimate of drug-likeness (QED) is 0.214. The van der Waals surface area contributed by atoms with E-state index in [0.717, 1.165) is 18.2 Å². The minimum atomic E-state index is -3.91. The molecule has 11 heteroatoms. The van der Waals surface area contributed by atoms with Crippen molar-refractivity contribution in [1.82, 2.24) is 4.72 Å². The predicted molar refractivity (Wildman–Crippen MR) is 67.3 cm³/mol. The SMILES string of the molecule is [N-]=[N+]=NCCNS(=O)(=O)c1ccc(Cl)c([N+](=O)[O-])c1. The molecule has 0 aliphatic heterocycles. The lowest BCUT2D eigenvalue weighted by Crippen LogP contribution is -2.26. The highest BCUT2D eigenvalue weighted by Crippen LogP contribution is 2.26. The van der Waals surface area contributed by atoms with Crippen molar-refractivity contribution in [2.75, 3.05) is 13.1 Å². The molecule has 102 valence electrons. The lowest BCUT2D eigenvalue weighted by atomic mass is 10.3. The van der Waals surface area contributed by atoms with E-state index < -0.39 is 20.6 Å².